The number of likely N-dealkylation sites (N-methyl/N-ethyl adjacent to an activating group) is 1. The summed E-state index contributed by atoms with van der Waals surface area (Å²) in [7, 11) is 1.38. The molecule has 0 aromatic rings. The van der Waals surface area contributed by atoms with Crippen molar-refractivity contribution in [2.24, 2.45) is 0 Å². The molecule has 0 aromatic carbocycles. The van der Waals surface area contributed by atoms with E-state index in [0.29, 0.717) is 12.6 Å². The number of hydrogen-bond donors (Lipinski definition) is 1. The van der Waals surface area contributed by atoms with Gasteiger partial charge in [0.05, 0.1) is 19.7 Å². The highest BCUT2D eigenvalue weighted by atomic mass is 16.5. The standard InChI is InChI=1S/C13H24N2O3/c1-4-14-13(17)10(2)15(9-12(16)18-3)11-7-5-6-8-11/h10-11H,4-9H2,1-3H3,(H,14,17). The van der Waals surface area contributed by atoms with Gasteiger partial charge in [0.15, 0.2) is 0 Å². The average molecular weight is 256 g/mol. The summed E-state index contributed by atoms with van der Waals surface area (Å²) in [6, 6.07) is 0.0360. The molecule has 0 spiro atoms. The Morgan fingerprint density at radius 3 is 2.50 bits per heavy atom. The molecule has 5 heteroatoms. The summed E-state index contributed by atoms with van der Waals surface area (Å²) in [5, 5.41) is 2.81. The lowest BCUT2D eigenvalue weighted by molar-refractivity contribution is -0.144. The second kappa shape index (κ2) is 7.36. The smallest absolute Gasteiger partial charge is 0.319 e. The van der Waals surface area contributed by atoms with Crippen LogP contribution in [0.25, 0.3) is 0 Å². The van der Waals surface area contributed by atoms with Crippen LogP contribution in [0.3, 0.4) is 0 Å². The topological polar surface area (TPSA) is 58.6 Å². The summed E-state index contributed by atoms with van der Waals surface area (Å²) in [5.41, 5.74) is 0. The highest BCUT2D eigenvalue weighted by molar-refractivity contribution is 5.82. The fraction of sp³-hybridized carbons (Fsp3) is 0.846. The number of nitrogens with zero attached hydrogens (tertiary/aromatic N) is 1. The minimum atomic E-state index is -0.285. The molecule has 0 aromatic heterocycles. The molecule has 18 heavy (non-hydrogen) atoms. The number of methoxy groups -OCH3 is 1. The van der Waals surface area contributed by atoms with Crippen molar-refractivity contribution in [3.63, 3.8) is 0 Å². The minimum Gasteiger partial charge on any atom is -0.468 e. The first-order valence-electron chi connectivity index (χ1n) is 6.70. The van der Waals surface area contributed by atoms with Gasteiger partial charge in [-0.3, -0.25) is 14.5 Å². The van der Waals surface area contributed by atoms with Gasteiger partial charge in [-0.2, -0.15) is 0 Å². The predicted octanol–water partition coefficient (Wildman–Crippen LogP) is 0.929. The number of carbonyl (C=O) groups excluding carboxylic acids is 2. The third-order valence-electron chi connectivity index (χ3n) is 3.56. The minimum absolute atomic E-state index is 0.0201. The monoisotopic (exact) mass is 256 g/mol. The van der Waals surface area contributed by atoms with Crippen LogP contribution in [-0.2, 0) is 14.3 Å². The van der Waals surface area contributed by atoms with Gasteiger partial charge in [-0.05, 0) is 26.7 Å². The maximum absolute atomic E-state index is 11.9. The van der Waals surface area contributed by atoms with Crippen molar-refractivity contribution in [1.82, 2.24) is 10.2 Å². The first-order valence-corrected chi connectivity index (χ1v) is 6.70. The van der Waals surface area contributed by atoms with Crippen LogP contribution < -0.4 is 5.32 Å². The van der Waals surface area contributed by atoms with E-state index < -0.39 is 0 Å². The van der Waals surface area contributed by atoms with Crippen LogP contribution in [0.2, 0.25) is 0 Å². The molecule has 0 radical (unpaired) electrons. The van der Waals surface area contributed by atoms with E-state index in [-0.39, 0.29) is 24.5 Å². The molecule has 5 nitrogen and oxygen atoms in total. The average Bonchev–Trinajstić information content (AvgIpc) is 2.88. The zero-order valence-electron chi connectivity index (χ0n) is 11.6. The summed E-state index contributed by atoms with van der Waals surface area (Å²) in [6.07, 6.45) is 4.45. The SMILES string of the molecule is CCNC(=O)C(C)N(CC(=O)OC)C1CCCC1. The normalized spacial score (nSPS) is 17.8. The zero-order valence-corrected chi connectivity index (χ0v) is 11.6. The van der Waals surface area contributed by atoms with Crippen LogP contribution in [0, 0.1) is 0 Å². The van der Waals surface area contributed by atoms with E-state index in [0.717, 1.165) is 12.8 Å². The van der Waals surface area contributed by atoms with Crippen LogP contribution >= 0.6 is 0 Å². The van der Waals surface area contributed by atoms with Crippen molar-refractivity contribution in [2.75, 3.05) is 20.2 Å². The maximum atomic E-state index is 11.9. The Morgan fingerprint density at radius 2 is 2.00 bits per heavy atom. The van der Waals surface area contributed by atoms with Gasteiger partial charge >= 0.3 is 5.97 Å². The molecule has 104 valence electrons. The molecule has 0 bridgehead atoms. The number of ether oxygens (including phenoxy) is 1. The van der Waals surface area contributed by atoms with Crippen LogP contribution in [0.15, 0.2) is 0 Å². The van der Waals surface area contributed by atoms with Gasteiger partial charge < -0.3 is 10.1 Å². The van der Waals surface area contributed by atoms with Crippen LogP contribution in [0.4, 0.5) is 0 Å². The van der Waals surface area contributed by atoms with E-state index in [4.69, 9.17) is 4.74 Å². The number of esters is 1. The van der Waals surface area contributed by atoms with Crippen molar-refractivity contribution < 1.29 is 14.3 Å². The summed E-state index contributed by atoms with van der Waals surface area (Å²) in [5.74, 6) is -0.300. The molecule has 1 saturated carbocycles. The van der Waals surface area contributed by atoms with Crippen LogP contribution in [0.1, 0.15) is 39.5 Å². The fourth-order valence-electron chi connectivity index (χ4n) is 2.50. The van der Waals surface area contributed by atoms with Gasteiger partial charge in [-0.15, -0.1) is 0 Å². The highest BCUT2D eigenvalue weighted by Crippen LogP contribution is 2.25. The van der Waals surface area contributed by atoms with Gasteiger partial charge in [0.1, 0.15) is 0 Å². The summed E-state index contributed by atoms with van der Waals surface area (Å²) >= 11 is 0. The number of nitrogens with one attached hydrogen (secondary N) is 1. The molecule has 0 aliphatic heterocycles. The van der Waals surface area contributed by atoms with Gasteiger partial charge in [-0.1, -0.05) is 12.8 Å². The molecule has 1 aliphatic carbocycles. The Bertz CT molecular complexity index is 288. The number of amides is 1. The van der Waals surface area contributed by atoms with Gasteiger partial charge in [0, 0.05) is 12.6 Å². The van der Waals surface area contributed by atoms with E-state index in [1.54, 1.807) is 0 Å². The van der Waals surface area contributed by atoms with Crippen molar-refractivity contribution in [3.8, 4) is 0 Å². The molecule has 0 saturated heterocycles. The van der Waals surface area contributed by atoms with E-state index in [1.807, 2.05) is 18.7 Å². The molecule has 1 amide bonds. The second-order valence-electron chi connectivity index (χ2n) is 4.76. The van der Waals surface area contributed by atoms with E-state index >= 15 is 0 Å². The molecule has 1 N–H and O–H groups in total. The summed E-state index contributed by atoms with van der Waals surface area (Å²) < 4.78 is 4.72. The van der Waals surface area contributed by atoms with Gasteiger partial charge in [-0.25, -0.2) is 0 Å². The Labute approximate surface area is 109 Å². The van der Waals surface area contributed by atoms with Crippen molar-refractivity contribution >= 4 is 11.9 Å². The fourth-order valence-corrected chi connectivity index (χ4v) is 2.50. The van der Waals surface area contributed by atoms with E-state index in [9.17, 15) is 9.59 Å². The summed E-state index contributed by atoms with van der Waals surface area (Å²) in [4.78, 5) is 25.4. The zero-order chi connectivity index (χ0) is 13.5. The number of rotatable bonds is 6. The number of carbonyl (C=O) groups is 2. The van der Waals surface area contributed by atoms with E-state index in [1.165, 1.54) is 20.0 Å². The third kappa shape index (κ3) is 3.98. The molecule has 0 heterocycles. The lowest BCUT2D eigenvalue weighted by atomic mass is 10.1. The lowest BCUT2D eigenvalue weighted by Crippen LogP contribution is -2.51. The Kier molecular flexibility index (Phi) is 6.12. The first-order chi connectivity index (χ1) is 8.60. The number of hydrogen-bond acceptors (Lipinski definition) is 4. The lowest BCUT2D eigenvalue weighted by Gasteiger charge is -2.32. The second-order valence-corrected chi connectivity index (χ2v) is 4.76. The molecular weight excluding hydrogens is 232 g/mol. The molecule has 1 atom stereocenters. The molecule has 1 aliphatic rings. The molecule has 1 fully saturated rings. The maximum Gasteiger partial charge on any atom is 0.319 e. The molecule has 1 rings (SSSR count). The Morgan fingerprint density at radius 1 is 1.39 bits per heavy atom. The van der Waals surface area contributed by atoms with Gasteiger partial charge in [0.2, 0.25) is 5.91 Å². The van der Waals surface area contributed by atoms with Crippen molar-refractivity contribution in [3.05, 3.63) is 0 Å². The quantitative estimate of drug-likeness (QED) is 0.718. The Balaban J connectivity index is 2.68. The first kappa shape index (κ1) is 15.0. The predicted molar refractivity (Wildman–Crippen MR) is 69.1 cm³/mol. The van der Waals surface area contributed by atoms with Gasteiger partial charge in [0.25, 0.3) is 0 Å². The van der Waals surface area contributed by atoms with Crippen LogP contribution in [0.5, 0.6) is 0 Å². The van der Waals surface area contributed by atoms with E-state index in [2.05, 4.69) is 5.32 Å². The van der Waals surface area contributed by atoms with Crippen molar-refractivity contribution in [2.45, 2.75) is 51.6 Å². The van der Waals surface area contributed by atoms with Crippen molar-refractivity contribution in [1.29, 1.82) is 0 Å². The largest absolute Gasteiger partial charge is 0.468 e. The van der Waals surface area contributed by atoms with Crippen LogP contribution in [-0.4, -0.2) is 49.1 Å². The molecule has 1 unspecified atom stereocenters. The Hall–Kier alpha value is -1.10. The highest BCUT2D eigenvalue weighted by Gasteiger charge is 2.31. The third-order valence-corrected chi connectivity index (χ3v) is 3.56. The summed E-state index contributed by atoms with van der Waals surface area (Å²) in [6.45, 7) is 4.55. The molecular formula is C13H24N2O3.